The van der Waals surface area contributed by atoms with Crippen LogP contribution in [0.25, 0.3) is 22.6 Å². The monoisotopic (exact) mass is 335 g/mol. The van der Waals surface area contributed by atoms with Gasteiger partial charge in [-0.1, -0.05) is 12.1 Å². The van der Waals surface area contributed by atoms with E-state index in [-0.39, 0.29) is 0 Å². The summed E-state index contributed by atoms with van der Waals surface area (Å²) in [7, 11) is 0. The largest absolute Gasteiger partial charge is 0.327 e. The number of aromatic nitrogens is 5. The molecule has 1 aromatic carbocycles. The summed E-state index contributed by atoms with van der Waals surface area (Å²) in [6.45, 7) is 5.57. The number of pyridine rings is 1. The average molecular weight is 335 g/mol. The molecule has 0 unspecified atom stereocenters. The topological polar surface area (TPSA) is 48.5 Å². The van der Waals surface area contributed by atoms with Gasteiger partial charge in [0.05, 0.1) is 17.6 Å². The fourth-order valence-corrected chi connectivity index (χ4v) is 3.11. The van der Waals surface area contributed by atoms with Crippen LogP contribution < -0.4 is 0 Å². The molecule has 0 spiro atoms. The Labute approximate surface area is 144 Å². The van der Waals surface area contributed by atoms with Gasteiger partial charge >= 0.3 is 0 Å². The Balaban J connectivity index is 1.77. The second kappa shape index (κ2) is 6.12. The minimum atomic E-state index is -0.511. The van der Waals surface area contributed by atoms with Crippen molar-refractivity contribution < 1.29 is 4.39 Å². The van der Waals surface area contributed by atoms with Gasteiger partial charge in [-0.3, -0.25) is 0 Å². The molecular weight excluding hydrogens is 317 g/mol. The van der Waals surface area contributed by atoms with Gasteiger partial charge in [-0.05, 0) is 43.7 Å². The third-order valence-corrected chi connectivity index (χ3v) is 4.27. The first-order valence-electron chi connectivity index (χ1n) is 8.25. The fourth-order valence-electron chi connectivity index (χ4n) is 3.11. The standard InChI is InChI=1S/C19H18FN5/c1-3-25-16-11-13(2)7-8-14(16)23-18(25)12-24-10-9-21-19(24)15-5-4-6-17(20)22-15/h4-11H,3,12H2,1-2H3. The maximum Gasteiger partial charge on any atom is 0.213 e. The summed E-state index contributed by atoms with van der Waals surface area (Å²) in [5.41, 5.74) is 3.83. The molecule has 0 saturated carbocycles. The van der Waals surface area contributed by atoms with Crippen molar-refractivity contribution in [1.29, 1.82) is 0 Å². The lowest BCUT2D eigenvalue weighted by Crippen LogP contribution is -2.09. The van der Waals surface area contributed by atoms with Gasteiger partial charge in [-0.2, -0.15) is 4.39 Å². The Morgan fingerprint density at radius 1 is 1.12 bits per heavy atom. The van der Waals surface area contributed by atoms with Crippen molar-refractivity contribution >= 4 is 11.0 Å². The van der Waals surface area contributed by atoms with Gasteiger partial charge in [0.15, 0.2) is 5.82 Å². The highest BCUT2D eigenvalue weighted by atomic mass is 19.1. The van der Waals surface area contributed by atoms with Gasteiger partial charge in [0.2, 0.25) is 5.95 Å². The van der Waals surface area contributed by atoms with Crippen molar-refractivity contribution in [3.8, 4) is 11.5 Å². The van der Waals surface area contributed by atoms with Gasteiger partial charge in [0, 0.05) is 18.9 Å². The molecule has 0 saturated heterocycles. The van der Waals surface area contributed by atoms with Gasteiger partial charge in [-0.15, -0.1) is 0 Å². The van der Waals surface area contributed by atoms with Crippen molar-refractivity contribution in [2.24, 2.45) is 0 Å². The van der Waals surface area contributed by atoms with Crippen molar-refractivity contribution in [1.82, 2.24) is 24.1 Å². The molecule has 0 amide bonds. The summed E-state index contributed by atoms with van der Waals surface area (Å²) in [5, 5.41) is 0. The van der Waals surface area contributed by atoms with Crippen LogP contribution in [-0.4, -0.2) is 24.1 Å². The molecule has 0 bridgehead atoms. The highest BCUT2D eigenvalue weighted by molar-refractivity contribution is 5.77. The zero-order valence-corrected chi connectivity index (χ0v) is 14.1. The van der Waals surface area contributed by atoms with E-state index in [1.807, 2.05) is 16.8 Å². The number of nitrogens with zero attached hydrogens (tertiary/aromatic N) is 5. The van der Waals surface area contributed by atoms with Crippen LogP contribution in [0, 0.1) is 12.9 Å². The van der Waals surface area contributed by atoms with Crippen LogP contribution >= 0.6 is 0 Å². The van der Waals surface area contributed by atoms with E-state index in [1.165, 1.54) is 11.6 Å². The van der Waals surface area contributed by atoms with Crippen LogP contribution in [0.15, 0.2) is 48.8 Å². The number of aryl methyl sites for hydroxylation is 2. The molecule has 3 aromatic heterocycles. The van der Waals surface area contributed by atoms with Crippen molar-refractivity contribution in [3.05, 3.63) is 66.1 Å². The Kier molecular flexibility index (Phi) is 3.80. The third-order valence-electron chi connectivity index (χ3n) is 4.27. The molecule has 0 atom stereocenters. The summed E-state index contributed by atoms with van der Waals surface area (Å²) < 4.78 is 17.6. The molecule has 6 heteroatoms. The Morgan fingerprint density at radius 3 is 2.80 bits per heavy atom. The maximum absolute atomic E-state index is 13.4. The van der Waals surface area contributed by atoms with E-state index >= 15 is 0 Å². The molecule has 3 heterocycles. The van der Waals surface area contributed by atoms with Gasteiger partial charge in [-0.25, -0.2) is 15.0 Å². The van der Waals surface area contributed by atoms with Crippen LogP contribution in [0.2, 0.25) is 0 Å². The van der Waals surface area contributed by atoms with Gasteiger partial charge < -0.3 is 9.13 Å². The van der Waals surface area contributed by atoms with Crippen LogP contribution in [-0.2, 0) is 13.1 Å². The average Bonchev–Trinajstić information content (AvgIpc) is 3.19. The van der Waals surface area contributed by atoms with Crippen LogP contribution in [0.1, 0.15) is 18.3 Å². The third kappa shape index (κ3) is 2.80. The van der Waals surface area contributed by atoms with Gasteiger partial charge in [0.25, 0.3) is 0 Å². The molecule has 5 nitrogen and oxygen atoms in total. The molecule has 0 aliphatic rings. The Hall–Kier alpha value is -3.02. The second-order valence-electron chi connectivity index (χ2n) is 5.99. The highest BCUT2D eigenvalue weighted by Crippen LogP contribution is 2.21. The van der Waals surface area contributed by atoms with Crippen molar-refractivity contribution in [2.45, 2.75) is 26.9 Å². The number of rotatable bonds is 4. The number of hydrogen-bond donors (Lipinski definition) is 0. The van der Waals surface area contributed by atoms with Crippen molar-refractivity contribution in [2.75, 3.05) is 0 Å². The zero-order chi connectivity index (χ0) is 17.4. The summed E-state index contributed by atoms with van der Waals surface area (Å²) >= 11 is 0. The van der Waals surface area contributed by atoms with E-state index < -0.39 is 5.95 Å². The van der Waals surface area contributed by atoms with E-state index in [0.29, 0.717) is 18.1 Å². The second-order valence-corrected chi connectivity index (χ2v) is 5.99. The minimum absolute atomic E-state index is 0.511. The maximum atomic E-state index is 13.4. The molecule has 0 radical (unpaired) electrons. The van der Waals surface area contributed by atoms with Crippen LogP contribution in [0.3, 0.4) is 0 Å². The number of hydrogen-bond acceptors (Lipinski definition) is 3. The first kappa shape index (κ1) is 15.5. The smallest absolute Gasteiger partial charge is 0.213 e. The lowest BCUT2D eigenvalue weighted by atomic mass is 10.2. The van der Waals surface area contributed by atoms with Gasteiger partial charge in [0.1, 0.15) is 11.5 Å². The highest BCUT2D eigenvalue weighted by Gasteiger charge is 2.14. The molecular formula is C19H18FN5. The lowest BCUT2D eigenvalue weighted by molar-refractivity contribution is 0.584. The normalized spacial score (nSPS) is 11.3. The molecule has 0 N–H and O–H groups in total. The predicted octanol–water partition coefficient (Wildman–Crippen LogP) is 3.81. The summed E-state index contributed by atoms with van der Waals surface area (Å²) in [6.07, 6.45) is 3.57. The quantitative estimate of drug-likeness (QED) is 0.533. The number of benzene rings is 1. The number of imidazole rings is 2. The molecule has 4 rings (SSSR count). The molecule has 25 heavy (non-hydrogen) atoms. The van der Waals surface area contributed by atoms with E-state index in [2.05, 4.69) is 40.5 Å². The molecule has 0 fully saturated rings. The molecule has 0 aliphatic heterocycles. The lowest BCUT2D eigenvalue weighted by Gasteiger charge is -2.09. The molecule has 126 valence electrons. The van der Waals surface area contributed by atoms with E-state index in [0.717, 1.165) is 23.4 Å². The fraction of sp³-hybridized carbons (Fsp3) is 0.211. The van der Waals surface area contributed by atoms with E-state index in [9.17, 15) is 4.39 Å². The zero-order valence-electron chi connectivity index (χ0n) is 14.1. The Bertz CT molecular complexity index is 1050. The number of halogens is 1. The van der Waals surface area contributed by atoms with Crippen molar-refractivity contribution in [3.63, 3.8) is 0 Å². The molecule has 0 aliphatic carbocycles. The SMILES string of the molecule is CCn1c(Cn2ccnc2-c2cccc(F)n2)nc2ccc(C)cc21. The van der Waals surface area contributed by atoms with E-state index in [4.69, 9.17) is 4.98 Å². The summed E-state index contributed by atoms with van der Waals surface area (Å²) in [4.78, 5) is 13.1. The molecule has 4 aromatic rings. The predicted molar refractivity (Wildman–Crippen MR) is 94.7 cm³/mol. The summed E-state index contributed by atoms with van der Waals surface area (Å²) in [6, 6.07) is 11.0. The van der Waals surface area contributed by atoms with E-state index in [1.54, 1.807) is 18.3 Å². The van der Waals surface area contributed by atoms with Crippen LogP contribution in [0.4, 0.5) is 4.39 Å². The summed E-state index contributed by atoms with van der Waals surface area (Å²) in [5.74, 6) is 1.06. The van der Waals surface area contributed by atoms with Crippen LogP contribution in [0.5, 0.6) is 0 Å². The minimum Gasteiger partial charge on any atom is -0.327 e. The first-order valence-corrected chi connectivity index (χ1v) is 8.25. The Morgan fingerprint density at radius 2 is 2.00 bits per heavy atom. The first-order chi connectivity index (χ1) is 12.2. The number of fused-ring (bicyclic) bond motifs is 1.